The van der Waals surface area contributed by atoms with Crippen molar-refractivity contribution < 1.29 is 16.8 Å². The first-order valence-corrected chi connectivity index (χ1v) is 11.8. The number of nitrogens with zero attached hydrogens (tertiary/aromatic N) is 3. The molecule has 27 heavy (non-hydrogen) atoms. The average Bonchev–Trinajstić information content (AvgIpc) is 2.91. The van der Waals surface area contributed by atoms with Gasteiger partial charge in [-0.25, -0.2) is 8.42 Å². The van der Waals surface area contributed by atoms with Gasteiger partial charge in [-0.15, -0.1) is 0 Å². The van der Waals surface area contributed by atoms with Crippen molar-refractivity contribution in [1.29, 1.82) is 0 Å². The van der Waals surface area contributed by atoms with E-state index in [-0.39, 0.29) is 27.1 Å². The van der Waals surface area contributed by atoms with Gasteiger partial charge in [-0.2, -0.15) is 21.9 Å². The lowest BCUT2D eigenvalue weighted by Crippen LogP contribution is -2.39. The first kappa shape index (κ1) is 20.0. The molecule has 1 unspecified atom stereocenters. The molecule has 2 heterocycles. The second-order valence-corrected chi connectivity index (χ2v) is 10.9. The summed E-state index contributed by atoms with van der Waals surface area (Å²) in [7, 11) is -7.77. The molecule has 7 nitrogen and oxygen atoms in total. The number of hydrogen-bond donors (Lipinski definition) is 0. The summed E-state index contributed by atoms with van der Waals surface area (Å²) in [5, 5.41) is 4.08. The highest BCUT2D eigenvalue weighted by Crippen LogP contribution is 2.29. The summed E-state index contributed by atoms with van der Waals surface area (Å²) in [6, 6.07) is 6.40. The molecule has 1 saturated heterocycles. The van der Waals surface area contributed by atoms with Crippen molar-refractivity contribution in [2.24, 2.45) is 5.92 Å². The van der Waals surface area contributed by atoms with Crippen molar-refractivity contribution in [3.8, 4) is 0 Å². The molecule has 3 rings (SSSR count). The Morgan fingerprint density at radius 3 is 2.22 bits per heavy atom. The zero-order valence-electron chi connectivity index (χ0n) is 16.0. The largest absolute Gasteiger partial charge is 0.283 e. The topological polar surface area (TPSA) is 89.3 Å². The highest BCUT2D eigenvalue weighted by Gasteiger charge is 2.35. The molecule has 0 amide bonds. The van der Waals surface area contributed by atoms with E-state index in [0.717, 1.165) is 22.5 Å². The van der Waals surface area contributed by atoms with Gasteiger partial charge in [-0.3, -0.25) is 0 Å². The first-order chi connectivity index (χ1) is 12.5. The van der Waals surface area contributed by atoms with Gasteiger partial charge in [0.25, 0.3) is 10.0 Å². The van der Waals surface area contributed by atoms with Gasteiger partial charge in [-0.1, -0.05) is 24.6 Å². The molecule has 1 aromatic heterocycles. The van der Waals surface area contributed by atoms with E-state index in [1.165, 1.54) is 30.3 Å². The number of aromatic nitrogens is 2. The molecule has 1 aliphatic heterocycles. The smallest absolute Gasteiger partial charge is 0.207 e. The van der Waals surface area contributed by atoms with E-state index < -0.39 is 20.0 Å². The Morgan fingerprint density at radius 1 is 1.00 bits per heavy atom. The lowest BCUT2D eigenvalue weighted by atomic mass is 10.0. The third-order valence-corrected chi connectivity index (χ3v) is 8.75. The van der Waals surface area contributed by atoms with Crippen molar-refractivity contribution in [3.63, 3.8) is 0 Å². The zero-order chi connectivity index (χ0) is 20.0. The average molecular weight is 412 g/mol. The molecular weight excluding hydrogens is 386 g/mol. The van der Waals surface area contributed by atoms with Crippen LogP contribution in [0.15, 0.2) is 34.1 Å². The predicted molar refractivity (Wildman–Crippen MR) is 103 cm³/mol. The summed E-state index contributed by atoms with van der Waals surface area (Å²) in [4.78, 5) is 0.0709. The number of aryl methyl sites for hydroxylation is 2. The van der Waals surface area contributed by atoms with E-state index in [1.54, 1.807) is 12.1 Å². The molecule has 0 N–H and O–H groups in total. The predicted octanol–water partition coefficient (Wildman–Crippen LogP) is 2.47. The minimum Gasteiger partial charge on any atom is -0.207 e. The van der Waals surface area contributed by atoms with Gasteiger partial charge in [-0.05, 0) is 51.7 Å². The Bertz CT molecular complexity index is 1050. The molecule has 0 saturated carbocycles. The molecule has 148 valence electrons. The molecule has 0 bridgehead atoms. The lowest BCUT2D eigenvalue weighted by Gasteiger charge is -2.30. The van der Waals surface area contributed by atoms with Crippen LogP contribution in [-0.2, 0) is 20.0 Å². The van der Waals surface area contributed by atoms with Crippen LogP contribution in [0.1, 0.15) is 36.7 Å². The monoisotopic (exact) mass is 411 g/mol. The van der Waals surface area contributed by atoms with Crippen LogP contribution >= 0.6 is 0 Å². The SMILES string of the molecule is Cc1ccc(S(=O)(=O)n2nc(C)c(S(=O)(=O)N3CCCC(C)C3)c2C)cc1. The van der Waals surface area contributed by atoms with Gasteiger partial charge < -0.3 is 0 Å². The summed E-state index contributed by atoms with van der Waals surface area (Å²) in [5.74, 6) is 0.278. The summed E-state index contributed by atoms with van der Waals surface area (Å²) >= 11 is 0. The second-order valence-electron chi connectivity index (χ2n) is 7.27. The fraction of sp³-hybridized carbons (Fsp3) is 0.500. The van der Waals surface area contributed by atoms with E-state index in [2.05, 4.69) is 5.10 Å². The Labute approximate surface area is 161 Å². The van der Waals surface area contributed by atoms with Gasteiger partial charge in [0.1, 0.15) is 4.90 Å². The van der Waals surface area contributed by atoms with Crippen LogP contribution < -0.4 is 0 Å². The Hall–Kier alpha value is -1.71. The van der Waals surface area contributed by atoms with Crippen LogP contribution in [0, 0.1) is 26.7 Å². The summed E-state index contributed by atoms with van der Waals surface area (Å²) in [6.07, 6.45) is 1.79. The van der Waals surface area contributed by atoms with Crippen LogP contribution in [0.2, 0.25) is 0 Å². The minimum atomic E-state index is -3.97. The third kappa shape index (κ3) is 3.55. The maximum atomic E-state index is 13.2. The summed E-state index contributed by atoms with van der Waals surface area (Å²) in [5.41, 5.74) is 1.25. The number of benzene rings is 1. The van der Waals surface area contributed by atoms with Gasteiger partial charge in [0.2, 0.25) is 10.0 Å². The fourth-order valence-corrected chi connectivity index (χ4v) is 6.89. The van der Waals surface area contributed by atoms with E-state index in [1.807, 2.05) is 13.8 Å². The first-order valence-electron chi connectivity index (χ1n) is 8.93. The maximum Gasteiger partial charge on any atom is 0.283 e. The normalized spacial score (nSPS) is 19.3. The van der Waals surface area contributed by atoms with Crippen LogP contribution in [0.5, 0.6) is 0 Å². The van der Waals surface area contributed by atoms with Crippen molar-refractivity contribution >= 4 is 20.0 Å². The van der Waals surface area contributed by atoms with Crippen molar-refractivity contribution in [2.75, 3.05) is 13.1 Å². The van der Waals surface area contributed by atoms with Gasteiger partial charge >= 0.3 is 0 Å². The lowest BCUT2D eigenvalue weighted by molar-refractivity contribution is 0.281. The number of rotatable bonds is 4. The molecule has 0 aliphatic carbocycles. The highest BCUT2D eigenvalue weighted by atomic mass is 32.2. The Balaban J connectivity index is 2.08. The molecule has 2 aromatic rings. The van der Waals surface area contributed by atoms with Crippen LogP contribution in [0.4, 0.5) is 0 Å². The van der Waals surface area contributed by atoms with Crippen molar-refractivity contribution in [2.45, 2.75) is 50.3 Å². The summed E-state index contributed by atoms with van der Waals surface area (Å²) < 4.78 is 54.6. The molecule has 1 atom stereocenters. The highest BCUT2D eigenvalue weighted by molar-refractivity contribution is 7.90. The quantitative estimate of drug-likeness (QED) is 0.771. The molecule has 9 heteroatoms. The molecule has 1 aliphatic rings. The van der Waals surface area contributed by atoms with Gasteiger partial charge in [0, 0.05) is 13.1 Å². The second kappa shape index (κ2) is 7.03. The van der Waals surface area contributed by atoms with Crippen molar-refractivity contribution in [1.82, 2.24) is 13.5 Å². The van der Waals surface area contributed by atoms with Gasteiger partial charge in [0.05, 0.1) is 16.3 Å². The van der Waals surface area contributed by atoms with Crippen LogP contribution in [0.3, 0.4) is 0 Å². The summed E-state index contributed by atoms with van der Waals surface area (Å²) in [6.45, 7) is 7.80. The number of piperidine rings is 1. The standard InChI is InChI=1S/C18H25N3O4S2/c1-13-7-9-17(10-8-13)26(22,23)21-16(4)18(15(3)19-21)27(24,25)20-11-5-6-14(2)12-20/h7-10,14H,5-6,11-12H2,1-4H3. The Kier molecular flexibility index (Phi) is 5.22. The molecule has 1 fully saturated rings. The van der Waals surface area contributed by atoms with Crippen LogP contribution in [0.25, 0.3) is 0 Å². The third-order valence-electron chi connectivity index (χ3n) is 4.95. The molecule has 0 spiro atoms. The zero-order valence-corrected chi connectivity index (χ0v) is 17.6. The van der Waals surface area contributed by atoms with E-state index in [9.17, 15) is 16.8 Å². The van der Waals surface area contributed by atoms with E-state index in [4.69, 9.17) is 0 Å². The van der Waals surface area contributed by atoms with Crippen LogP contribution in [-0.4, -0.2) is 43.4 Å². The molecule has 0 radical (unpaired) electrons. The number of hydrogen-bond acceptors (Lipinski definition) is 5. The molecular formula is C18H25N3O4S2. The fourth-order valence-electron chi connectivity index (χ4n) is 3.52. The number of sulfonamides is 1. The minimum absolute atomic E-state index is 0.00714. The molecule has 1 aromatic carbocycles. The van der Waals surface area contributed by atoms with Gasteiger partial charge in [0.15, 0.2) is 0 Å². The Morgan fingerprint density at radius 2 is 1.63 bits per heavy atom. The maximum absolute atomic E-state index is 13.2. The van der Waals surface area contributed by atoms with Crippen molar-refractivity contribution in [3.05, 3.63) is 41.2 Å². The van der Waals surface area contributed by atoms with E-state index >= 15 is 0 Å². The van der Waals surface area contributed by atoms with E-state index in [0.29, 0.717) is 13.1 Å².